The molecule has 0 spiro atoms. The van der Waals surface area contributed by atoms with Crippen LogP contribution in [0.3, 0.4) is 0 Å². The van der Waals surface area contributed by atoms with Crippen molar-refractivity contribution in [2.45, 2.75) is 19.1 Å². The van der Waals surface area contributed by atoms with Crippen LogP contribution in [0.5, 0.6) is 0 Å². The molecule has 3 nitrogen and oxygen atoms in total. The minimum Gasteiger partial charge on any atom is -0.338 e. The van der Waals surface area contributed by atoms with E-state index in [-0.39, 0.29) is 24.5 Å². The van der Waals surface area contributed by atoms with Crippen molar-refractivity contribution in [3.05, 3.63) is 71.0 Å². The van der Waals surface area contributed by atoms with E-state index in [1.54, 1.807) is 18.2 Å². The van der Waals surface area contributed by atoms with E-state index in [1.807, 2.05) is 0 Å². The van der Waals surface area contributed by atoms with Gasteiger partial charge in [0, 0.05) is 20.1 Å². The average molecular weight is 354 g/mol. The molecule has 0 aliphatic heterocycles. The van der Waals surface area contributed by atoms with Gasteiger partial charge in [0.05, 0.1) is 5.56 Å². The first-order valence-electron chi connectivity index (χ1n) is 7.66. The molecule has 2 aromatic rings. The normalized spacial score (nSPS) is 11.2. The maximum atomic E-state index is 13.5. The zero-order chi connectivity index (χ0) is 18.4. The van der Waals surface area contributed by atoms with Gasteiger partial charge in [0.25, 0.3) is 0 Å². The zero-order valence-electron chi connectivity index (χ0n) is 13.6. The van der Waals surface area contributed by atoms with E-state index in [4.69, 9.17) is 0 Å². The minimum absolute atomic E-state index is 0.0155. The molecule has 2 amide bonds. The van der Waals surface area contributed by atoms with Crippen molar-refractivity contribution < 1.29 is 22.4 Å². The third-order valence-electron chi connectivity index (χ3n) is 3.71. The van der Waals surface area contributed by atoms with Crippen molar-refractivity contribution in [2.24, 2.45) is 0 Å². The largest absolute Gasteiger partial charge is 0.416 e. The maximum Gasteiger partial charge on any atom is 0.416 e. The Labute approximate surface area is 143 Å². The van der Waals surface area contributed by atoms with Gasteiger partial charge in [-0.25, -0.2) is 9.18 Å². The zero-order valence-corrected chi connectivity index (χ0v) is 13.6. The van der Waals surface area contributed by atoms with Gasteiger partial charge in [-0.3, -0.25) is 0 Å². The average Bonchev–Trinajstić information content (AvgIpc) is 2.56. The van der Waals surface area contributed by atoms with E-state index >= 15 is 0 Å². The summed E-state index contributed by atoms with van der Waals surface area (Å²) in [5, 5.41) is 2.58. The number of amides is 2. The van der Waals surface area contributed by atoms with Crippen molar-refractivity contribution in [1.29, 1.82) is 0 Å². The lowest BCUT2D eigenvalue weighted by Gasteiger charge is -2.20. The third kappa shape index (κ3) is 5.20. The summed E-state index contributed by atoms with van der Waals surface area (Å²) in [6.07, 6.45) is -4.18. The van der Waals surface area contributed by atoms with Crippen molar-refractivity contribution in [3.63, 3.8) is 0 Å². The van der Waals surface area contributed by atoms with Gasteiger partial charge in [-0.1, -0.05) is 36.4 Å². The molecule has 134 valence electrons. The standard InChI is InChI=1S/C18H18F4N2O/c1-24(12-14-7-2-4-8-15(14)18(20,21)22)17(25)23-11-10-13-6-3-5-9-16(13)19/h2-9H,10-12H2,1H3,(H,23,25). The Kier molecular flexibility index (Phi) is 6.01. The highest BCUT2D eigenvalue weighted by Crippen LogP contribution is 2.32. The lowest BCUT2D eigenvalue weighted by molar-refractivity contribution is -0.138. The van der Waals surface area contributed by atoms with Crippen LogP contribution >= 0.6 is 0 Å². The lowest BCUT2D eigenvalue weighted by Crippen LogP contribution is -2.38. The van der Waals surface area contributed by atoms with E-state index < -0.39 is 17.8 Å². The highest BCUT2D eigenvalue weighted by atomic mass is 19.4. The molecule has 0 aromatic heterocycles. The molecule has 0 unspecified atom stereocenters. The van der Waals surface area contributed by atoms with Crippen LogP contribution < -0.4 is 5.32 Å². The van der Waals surface area contributed by atoms with Gasteiger partial charge >= 0.3 is 12.2 Å². The molecule has 0 saturated heterocycles. The summed E-state index contributed by atoms with van der Waals surface area (Å²) >= 11 is 0. The number of hydrogen-bond acceptors (Lipinski definition) is 1. The van der Waals surface area contributed by atoms with Gasteiger partial charge < -0.3 is 10.2 Å². The molecule has 7 heteroatoms. The maximum absolute atomic E-state index is 13.5. The molecule has 0 heterocycles. The summed E-state index contributed by atoms with van der Waals surface area (Å²) in [7, 11) is 1.41. The first kappa shape index (κ1) is 18.8. The second-order valence-electron chi connectivity index (χ2n) is 5.58. The Morgan fingerprint density at radius 1 is 1.04 bits per heavy atom. The van der Waals surface area contributed by atoms with Crippen LogP contribution in [-0.4, -0.2) is 24.5 Å². The van der Waals surface area contributed by atoms with Crippen molar-refractivity contribution in [1.82, 2.24) is 10.2 Å². The number of benzene rings is 2. The summed E-state index contributed by atoms with van der Waals surface area (Å²) in [4.78, 5) is 13.2. The van der Waals surface area contributed by atoms with Crippen molar-refractivity contribution in [2.75, 3.05) is 13.6 Å². The van der Waals surface area contributed by atoms with Crippen LogP contribution in [0.15, 0.2) is 48.5 Å². The second kappa shape index (κ2) is 8.00. The Hall–Kier alpha value is -2.57. The molecule has 1 N–H and O–H groups in total. The Morgan fingerprint density at radius 2 is 1.64 bits per heavy atom. The number of nitrogens with one attached hydrogen (secondary N) is 1. The SMILES string of the molecule is CN(Cc1ccccc1C(F)(F)F)C(=O)NCCc1ccccc1F. The fraction of sp³-hybridized carbons (Fsp3) is 0.278. The van der Waals surface area contributed by atoms with Gasteiger partial charge in [0.2, 0.25) is 0 Å². The topological polar surface area (TPSA) is 32.3 Å². The van der Waals surface area contributed by atoms with Gasteiger partial charge in [-0.05, 0) is 29.7 Å². The molecular weight excluding hydrogens is 336 g/mol. The number of nitrogens with zero attached hydrogens (tertiary/aromatic N) is 1. The van der Waals surface area contributed by atoms with Crippen LogP contribution in [0.1, 0.15) is 16.7 Å². The highest BCUT2D eigenvalue weighted by Gasteiger charge is 2.33. The number of urea groups is 1. The summed E-state index contributed by atoms with van der Waals surface area (Å²) in [5.74, 6) is -0.357. The summed E-state index contributed by atoms with van der Waals surface area (Å²) in [6, 6.07) is 10.8. The highest BCUT2D eigenvalue weighted by molar-refractivity contribution is 5.73. The number of carbonyl (C=O) groups excluding carboxylic acids is 1. The van der Waals surface area contributed by atoms with E-state index in [9.17, 15) is 22.4 Å². The summed E-state index contributed by atoms with van der Waals surface area (Å²) in [5.41, 5.74) is -0.282. The first-order valence-corrected chi connectivity index (χ1v) is 7.66. The van der Waals surface area contributed by atoms with Gasteiger partial charge in [0.15, 0.2) is 0 Å². The molecular formula is C18H18F4N2O. The number of halogens is 4. The second-order valence-corrected chi connectivity index (χ2v) is 5.58. The lowest BCUT2D eigenvalue weighted by atomic mass is 10.1. The molecule has 0 aliphatic carbocycles. The van der Waals surface area contributed by atoms with Crippen LogP contribution in [0, 0.1) is 5.82 Å². The molecule has 2 aromatic carbocycles. The van der Waals surface area contributed by atoms with Crippen LogP contribution in [0.2, 0.25) is 0 Å². The van der Waals surface area contributed by atoms with Crippen LogP contribution in [0.25, 0.3) is 0 Å². The summed E-state index contributed by atoms with van der Waals surface area (Å²) in [6.45, 7) is 0.00619. The first-order chi connectivity index (χ1) is 11.8. The Balaban J connectivity index is 1.92. The predicted molar refractivity (Wildman–Crippen MR) is 86.4 cm³/mol. The predicted octanol–water partition coefficient (Wildman–Crippen LogP) is 4.23. The van der Waals surface area contributed by atoms with Gasteiger partial charge in [-0.15, -0.1) is 0 Å². The van der Waals surface area contributed by atoms with Gasteiger partial charge in [0.1, 0.15) is 5.82 Å². The van der Waals surface area contributed by atoms with E-state index in [0.717, 1.165) is 11.0 Å². The number of carbonyl (C=O) groups is 1. The smallest absolute Gasteiger partial charge is 0.338 e. The van der Waals surface area contributed by atoms with Crippen molar-refractivity contribution >= 4 is 6.03 Å². The van der Waals surface area contributed by atoms with E-state index in [2.05, 4.69) is 5.32 Å². The molecule has 0 saturated carbocycles. The fourth-order valence-corrected chi connectivity index (χ4v) is 2.40. The Bertz CT molecular complexity index is 731. The van der Waals surface area contributed by atoms with Gasteiger partial charge in [-0.2, -0.15) is 13.2 Å². The molecule has 0 radical (unpaired) electrons. The molecule has 0 bridgehead atoms. The molecule has 0 fully saturated rings. The van der Waals surface area contributed by atoms with E-state index in [0.29, 0.717) is 12.0 Å². The quantitative estimate of drug-likeness (QED) is 0.801. The number of hydrogen-bond donors (Lipinski definition) is 1. The summed E-state index contributed by atoms with van der Waals surface area (Å²) < 4.78 is 52.4. The number of alkyl halides is 3. The molecule has 25 heavy (non-hydrogen) atoms. The van der Waals surface area contributed by atoms with E-state index in [1.165, 1.54) is 31.3 Å². The molecule has 0 atom stereocenters. The Morgan fingerprint density at radius 3 is 2.28 bits per heavy atom. The minimum atomic E-state index is -4.47. The monoisotopic (exact) mass is 354 g/mol. The molecule has 2 rings (SSSR count). The third-order valence-corrected chi connectivity index (χ3v) is 3.71. The van der Waals surface area contributed by atoms with Crippen LogP contribution in [0.4, 0.5) is 22.4 Å². The fourth-order valence-electron chi connectivity index (χ4n) is 2.40. The van der Waals surface area contributed by atoms with Crippen LogP contribution in [-0.2, 0) is 19.1 Å². The van der Waals surface area contributed by atoms with Crippen molar-refractivity contribution in [3.8, 4) is 0 Å². The number of rotatable bonds is 5. The molecule has 0 aliphatic rings.